The predicted octanol–water partition coefficient (Wildman–Crippen LogP) is 2.68. The van der Waals surface area contributed by atoms with Crippen LogP contribution in [0.4, 0.5) is 4.79 Å². The Bertz CT molecular complexity index is 594. The van der Waals surface area contributed by atoms with Gasteiger partial charge in [0.1, 0.15) is 5.01 Å². The standard InChI is InChI=1S/C16H21N3O2S/c1-11-12(2)22-15(19-11)10-18-16(21)17-9-8-14(20)13-6-4-3-5-7-13/h3-7,14,20H,8-10H2,1-2H3,(H2,17,18,21). The molecule has 0 bridgehead atoms. The van der Waals surface area contributed by atoms with E-state index in [4.69, 9.17) is 0 Å². The van der Waals surface area contributed by atoms with Crippen molar-refractivity contribution >= 4 is 17.4 Å². The van der Waals surface area contributed by atoms with Crippen molar-refractivity contribution in [3.05, 3.63) is 51.5 Å². The molecule has 1 heterocycles. The van der Waals surface area contributed by atoms with E-state index in [1.54, 1.807) is 11.3 Å². The summed E-state index contributed by atoms with van der Waals surface area (Å²) in [6.45, 7) is 4.81. The molecule has 1 aromatic carbocycles. The second-order valence-corrected chi connectivity index (χ2v) is 6.36. The Hall–Kier alpha value is -1.92. The van der Waals surface area contributed by atoms with Crippen LogP contribution in [0.15, 0.2) is 30.3 Å². The van der Waals surface area contributed by atoms with Gasteiger partial charge in [0.2, 0.25) is 0 Å². The van der Waals surface area contributed by atoms with Crippen molar-refractivity contribution in [2.24, 2.45) is 0 Å². The van der Waals surface area contributed by atoms with Crippen molar-refractivity contribution in [2.75, 3.05) is 6.54 Å². The van der Waals surface area contributed by atoms with Crippen LogP contribution in [0.3, 0.4) is 0 Å². The van der Waals surface area contributed by atoms with Crippen LogP contribution >= 0.6 is 11.3 Å². The fourth-order valence-electron chi connectivity index (χ4n) is 2.00. The Balaban J connectivity index is 1.67. The maximum atomic E-state index is 11.7. The second kappa shape index (κ2) is 7.91. The van der Waals surface area contributed by atoms with Crippen molar-refractivity contribution in [3.8, 4) is 0 Å². The van der Waals surface area contributed by atoms with Gasteiger partial charge in [0.25, 0.3) is 0 Å². The van der Waals surface area contributed by atoms with Gasteiger partial charge in [-0.15, -0.1) is 11.3 Å². The smallest absolute Gasteiger partial charge is 0.315 e. The average Bonchev–Trinajstić information content (AvgIpc) is 2.84. The maximum Gasteiger partial charge on any atom is 0.315 e. The zero-order valence-electron chi connectivity index (χ0n) is 12.8. The molecule has 0 saturated carbocycles. The summed E-state index contributed by atoms with van der Waals surface area (Å²) < 4.78 is 0. The molecular weight excluding hydrogens is 298 g/mol. The number of aryl methyl sites for hydroxylation is 2. The minimum atomic E-state index is -0.564. The van der Waals surface area contributed by atoms with Crippen LogP contribution < -0.4 is 10.6 Å². The summed E-state index contributed by atoms with van der Waals surface area (Å²) in [6.07, 6.45) is -0.0850. The van der Waals surface area contributed by atoms with Gasteiger partial charge in [-0.25, -0.2) is 9.78 Å². The van der Waals surface area contributed by atoms with E-state index in [1.807, 2.05) is 44.2 Å². The highest BCUT2D eigenvalue weighted by molar-refractivity contribution is 7.11. The van der Waals surface area contributed by atoms with Gasteiger partial charge < -0.3 is 15.7 Å². The van der Waals surface area contributed by atoms with E-state index in [9.17, 15) is 9.90 Å². The molecular formula is C16H21N3O2S. The molecule has 5 nitrogen and oxygen atoms in total. The van der Waals surface area contributed by atoms with Gasteiger partial charge >= 0.3 is 6.03 Å². The number of rotatable bonds is 6. The molecule has 0 aliphatic heterocycles. The minimum Gasteiger partial charge on any atom is -0.388 e. The lowest BCUT2D eigenvalue weighted by Gasteiger charge is -2.11. The number of benzene rings is 1. The molecule has 2 rings (SSSR count). The van der Waals surface area contributed by atoms with Crippen LogP contribution in [0.1, 0.15) is 33.7 Å². The van der Waals surface area contributed by atoms with Gasteiger partial charge in [0.15, 0.2) is 0 Å². The quantitative estimate of drug-likeness (QED) is 0.766. The van der Waals surface area contributed by atoms with Crippen LogP contribution in [0.5, 0.6) is 0 Å². The topological polar surface area (TPSA) is 74.2 Å². The van der Waals surface area contributed by atoms with Gasteiger partial charge in [-0.3, -0.25) is 0 Å². The second-order valence-electron chi connectivity index (χ2n) is 5.07. The van der Waals surface area contributed by atoms with Gasteiger partial charge in [0.05, 0.1) is 18.3 Å². The summed E-state index contributed by atoms with van der Waals surface area (Å²) in [5.74, 6) is 0. The molecule has 1 unspecified atom stereocenters. The summed E-state index contributed by atoms with van der Waals surface area (Å²) in [5, 5.41) is 16.4. The molecule has 0 aliphatic carbocycles. The number of amides is 2. The molecule has 118 valence electrons. The number of aliphatic hydroxyl groups excluding tert-OH is 1. The highest BCUT2D eigenvalue weighted by atomic mass is 32.1. The van der Waals surface area contributed by atoms with Crippen molar-refractivity contribution < 1.29 is 9.90 Å². The summed E-state index contributed by atoms with van der Waals surface area (Å²) in [4.78, 5) is 17.2. The Kier molecular flexibility index (Phi) is 5.91. The lowest BCUT2D eigenvalue weighted by molar-refractivity contribution is 0.167. The van der Waals surface area contributed by atoms with E-state index in [2.05, 4.69) is 15.6 Å². The number of nitrogens with one attached hydrogen (secondary N) is 2. The summed E-state index contributed by atoms with van der Waals surface area (Å²) >= 11 is 1.59. The Morgan fingerprint density at radius 2 is 2.00 bits per heavy atom. The maximum absolute atomic E-state index is 11.7. The first-order chi connectivity index (χ1) is 10.6. The average molecular weight is 319 g/mol. The summed E-state index contributed by atoms with van der Waals surface area (Å²) in [5.41, 5.74) is 1.87. The van der Waals surface area contributed by atoms with E-state index in [1.165, 1.54) is 4.88 Å². The van der Waals surface area contributed by atoms with E-state index in [0.29, 0.717) is 19.5 Å². The number of aliphatic hydroxyl groups is 1. The molecule has 0 aliphatic rings. The van der Waals surface area contributed by atoms with Crippen LogP contribution in [-0.4, -0.2) is 22.7 Å². The van der Waals surface area contributed by atoms with Crippen LogP contribution in [0, 0.1) is 13.8 Å². The first kappa shape index (κ1) is 16.5. The fourth-order valence-corrected chi connectivity index (χ4v) is 2.87. The SMILES string of the molecule is Cc1nc(CNC(=O)NCCC(O)c2ccccc2)sc1C. The third-order valence-corrected chi connectivity index (χ3v) is 4.43. The highest BCUT2D eigenvalue weighted by Crippen LogP contribution is 2.16. The predicted molar refractivity (Wildman–Crippen MR) is 87.8 cm³/mol. The minimum absolute atomic E-state index is 0.245. The van der Waals surface area contributed by atoms with Gasteiger partial charge in [-0.1, -0.05) is 30.3 Å². The number of carbonyl (C=O) groups excluding carboxylic acids is 1. The van der Waals surface area contributed by atoms with E-state index in [-0.39, 0.29) is 6.03 Å². The lowest BCUT2D eigenvalue weighted by Crippen LogP contribution is -2.36. The normalized spacial score (nSPS) is 12.0. The largest absolute Gasteiger partial charge is 0.388 e. The van der Waals surface area contributed by atoms with E-state index >= 15 is 0 Å². The Morgan fingerprint density at radius 3 is 2.64 bits per heavy atom. The Labute approximate surface area is 134 Å². The van der Waals surface area contributed by atoms with Gasteiger partial charge in [0, 0.05) is 11.4 Å². The number of nitrogens with zero attached hydrogens (tertiary/aromatic N) is 1. The molecule has 0 radical (unpaired) electrons. The monoisotopic (exact) mass is 319 g/mol. The van der Waals surface area contributed by atoms with Crippen LogP contribution in [0.2, 0.25) is 0 Å². The summed E-state index contributed by atoms with van der Waals surface area (Å²) in [7, 11) is 0. The number of thiazole rings is 1. The molecule has 1 aromatic heterocycles. The van der Waals surface area contributed by atoms with Crippen molar-refractivity contribution in [3.63, 3.8) is 0 Å². The number of hydrogen-bond donors (Lipinski definition) is 3. The zero-order chi connectivity index (χ0) is 15.9. The molecule has 0 fully saturated rings. The molecule has 3 N–H and O–H groups in total. The van der Waals surface area contributed by atoms with Crippen LogP contribution in [-0.2, 0) is 6.54 Å². The molecule has 6 heteroatoms. The van der Waals surface area contributed by atoms with Gasteiger partial charge in [-0.2, -0.15) is 0 Å². The molecule has 0 spiro atoms. The van der Waals surface area contributed by atoms with Crippen molar-refractivity contribution in [1.29, 1.82) is 0 Å². The van der Waals surface area contributed by atoms with Gasteiger partial charge in [-0.05, 0) is 25.8 Å². The molecule has 1 atom stereocenters. The highest BCUT2D eigenvalue weighted by Gasteiger charge is 2.08. The van der Waals surface area contributed by atoms with Crippen LogP contribution in [0.25, 0.3) is 0 Å². The summed E-state index contributed by atoms with van der Waals surface area (Å²) in [6, 6.07) is 9.18. The van der Waals surface area contributed by atoms with E-state index in [0.717, 1.165) is 16.3 Å². The third-order valence-electron chi connectivity index (χ3n) is 3.36. The molecule has 22 heavy (non-hydrogen) atoms. The lowest BCUT2D eigenvalue weighted by atomic mass is 10.1. The Morgan fingerprint density at radius 1 is 1.27 bits per heavy atom. The third kappa shape index (κ3) is 4.82. The van der Waals surface area contributed by atoms with Crippen molar-refractivity contribution in [2.45, 2.75) is 32.9 Å². The first-order valence-electron chi connectivity index (χ1n) is 7.24. The fraction of sp³-hybridized carbons (Fsp3) is 0.375. The van der Waals surface area contributed by atoms with Crippen molar-refractivity contribution in [1.82, 2.24) is 15.6 Å². The number of urea groups is 1. The molecule has 2 amide bonds. The molecule has 0 saturated heterocycles. The number of aromatic nitrogens is 1. The first-order valence-corrected chi connectivity index (χ1v) is 8.05. The number of hydrogen-bond acceptors (Lipinski definition) is 4. The zero-order valence-corrected chi connectivity index (χ0v) is 13.6. The molecule has 2 aromatic rings. The number of carbonyl (C=O) groups is 1. The van der Waals surface area contributed by atoms with E-state index < -0.39 is 6.10 Å².